The van der Waals surface area contributed by atoms with Gasteiger partial charge < -0.3 is 15.2 Å². The lowest BCUT2D eigenvalue weighted by Crippen LogP contribution is -2.27. The maximum Gasteiger partial charge on any atom is 0.303 e. The number of hydrogen-bond acceptors (Lipinski definition) is 3. The van der Waals surface area contributed by atoms with Gasteiger partial charge in [-0.2, -0.15) is 0 Å². The van der Waals surface area contributed by atoms with Gasteiger partial charge in [-0.3, -0.25) is 9.59 Å². The smallest absolute Gasteiger partial charge is 0.303 e. The number of rotatable bonds is 5. The van der Waals surface area contributed by atoms with Crippen molar-refractivity contribution in [2.24, 2.45) is 0 Å². The van der Waals surface area contributed by atoms with Crippen LogP contribution in [0.4, 0.5) is 5.69 Å². The first kappa shape index (κ1) is 14.5. The normalized spacial score (nSPS) is 21.6. The molecule has 1 amide bonds. The maximum absolute atomic E-state index is 12.0. The van der Waals surface area contributed by atoms with Gasteiger partial charge in [0.1, 0.15) is 6.10 Å². The molecule has 0 aliphatic carbocycles. The highest BCUT2D eigenvalue weighted by molar-refractivity contribution is 5.94. The Labute approximate surface area is 117 Å². The summed E-state index contributed by atoms with van der Waals surface area (Å²) in [5, 5.41) is 11.5. The lowest BCUT2D eigenvalue weighted by atomic mass is 10.1. The van der Waals surface area contributed by atoms with Gasteiger partial charge >= 0.3 is 5.97 Å². The molecule has 0 radical (unpaired) electrons. The summed E-state index contributed by atoms with van der Waals surface area (Å²) in [6.45, 7) is 1.96. The molecule has 1 saturated heterocycles. The molecule has 1 aliphatic heterocycles. The van der Waals surface area contributed by atoms with E-state index in [4.69, 9.17) is 9.84 Å². The molecule has 20 heavy (non-hydrogen) atoms. The van der Waals surface area contributed by atoms with Crippen molar-refractivity contribution in [1.29, 1.82) is 0 Å². The van der Waals surface area contributed by atoms with E-state index in [9.17, 15) is 9.59 Å². The Hall–Kier alpha value is -1.88. The lowest BCUT2D eigenvalue weighted by Gasteiger charge is -2.12. The predicted octanol–water partition coefficient (Wildman–Crippen LogP) is 2.21. The average Bonchev–Trinajstić information content (AvgIpc) is 2.84. The third-order valence-corrected chi connectivity index (χ3v) is 3.35. The quantitative estimate of drug-likeness (QED) is 0.865. The second-order valence-electron chi connectivity index (χ2n) is 5.10. The van der Waals surface area contributed by atoms with E-state index in [2.05, 4.69) is 5.32 Å². The van der Waals surface area contributed by atoms with Crippen LogP contribution in [-0.4, -0.2) is 29.2 Å². The standard InChI is InChI=1S/C15H19NO4/c1-10-5-7-13(20-10)15(19)16-12-4-2-3-11(9-12)6-8-14(17)18/h2-4,9-10,13H,5-8H2,1H3,(H,16,19)(H,17,18). The number of carbonyl (C=O) groups excluding carboxylic acids is 1. The number of anilines is 1. The van der Waals surface area contributed by atoms with Crippen LogP contribution in [0.15, 0.2) is 24.3 Å². The summed E-state index contributed by atoms with van der Waals surface area (Å²) in [5.41, 5.74) is 1.58. The van der Waals surface area contributed by atoms with Gasteiger partial charge in [0, 0.05) is 12.1 Å². The average molecular weight is 277 g/mol. The van der Waals surface area contributed by atoms with Gasteiger partial charge in [0.2, 0.25) is 0 Å². The molecule has 108 valence electrons. The summed E-state index contributed by atoms with van der Waals surface area (Å²) < 4.78 is 5.51. The van der Waals surface area contributed by atoms with Crippen molar-refractivity contribution in [2.45, 2.75) is 44.8 Å². The van der Waals surface area contributed by atoms with Crippen molar-refractivity contribution < 1.29 is 19.4 Å². The number of hydrogen-bond donors (Lipinski definition) is 2. The summed E-state index contributed by atoms with van der Waals surface area (Å²) in [6, 6.07) is 7.26. The van der Waals surface area contributed by atoms with Crippen LogP contribution in [0.25, 0.3) is 0 Å². The molecule has 1 heterocycles. The molecule has 0 bridgehead atoms. The minimum absolute atomic E-state index is 0.0840. The van der Waals surface area contributed by atoms with Crippen molar-refractivity contribution in [3.05, 3.63) is 29.8 Å². The minimum Gasteiger partial charge on any atom is -0.481 e. The minimum atomic E-state index is -0.826. The Morgan fingerprint density at radius 2 is 2.20 bits per heavy atom. The van der Waals surface area contributed by atoms with Crippen LogP contribution in [0.3, 0.4) is 0 Å². The van der Waals surface area contributed by atoms with E-state index < -0.39 is 5.97 Å². The Morgan fingerprint density at radius 3 is 2.85 bits per heavy atom. The Bertz CT molecular complexity index is 500. The van der Waals surface area contributed by atoms with Gasteiger partial charge in [-0.1, -0.05) is 12.1 Å². The number of aliphatic carboxylic acids is 1. The van der Waals surface area contributed by atoms with E-state index in [1.165, 1.54) is 0 Å². The van der Waals surface area contributed by atoms with Gasteiger partial charge in [-0.05, 0) is 43.9 Å². The Kier molecular flexibility index (Phi) is 4.74. The zero-order valence-corrected chi connectivity index (χ0v) is 11.5. The maximum atomic E-state index is 12.0. The third-order valence-electron chi connectivity index (χ3n) is 3.35. The van der Waals surface area contributed by atoms with E-state index in [0.29, 0.717) is 12.1 Å². The van der Waals surface area contributed by atoms with Gasteiger partial charge in [0.05, 0.1) is 6.10 Å². The molecule has 0 spiro atoms. The first-order chi connectivity index (χ1) is 9.54. The van der Waals surface area contributed by atoms with E-state index in [1.54, 1.807) is 12.1 Å². The summed E-state index contributed by atoms with van der Waals surface area (Å²) in [5.74, 6) is -0.961. The molecule has 5 nitrogen and oxygen atoms in total. The number of carboxylic acids is 1. The third kappa shape index (κ3) is 4.06. The fourth-order valence-corrected chi connectivity index (χ4v) is 2.27. The van der Waals surface area contributed by atoms with Crippen molar-refractivity contribution in [3.8, 4) is 0 Å². The predicted molar refractivity (Wildman–Crippen MR) is 74.6 cm³/mol. The molecular weight excluding hydrogens is 258 g/mol. The summed E-state index contributed by atoms with van der Waals surface area (Å²) in [6.07, 6.45) is 1.93. The topological polar surface area (TPSA) is 75.6 Å². The van der Waals surface area contributed by atoms with Crippen LogP contribution < -0.4 is 5.32 Å². The van der Waals surface area contributed by atoms with Gasteiger partial charge in [-0.15, -0.1) is 0 Å². The van der Waals surface area contributed by atoms with E-state index in [1.807, 2.05) is 19.1 Å². The molecule has 2 rings (SSSR count). The fraction of sp³-hybridized carbons (Fsp3) is 0.467. The molecule has 2 atom stereocenters. The molecule has 5 heteroatoms. The molecule has 1 aromatic rings. The molecule has 0 aromatic heterocycles. The number of ether oxygens (including phenoxy) is 1. The van der Waals surface area contributed by atoms with E-state index in [0.717, 1.165) is 18.4 Å². The number of carbonyl (C=O) groups is 2. The summed E-state index contributed by atoms with van der Waals surface area (Å²) >= 11 is 0. The van der Waals surface area contributed by atoms with E-state index >= 15 is 0 Å². The van der Waals surface area contributed by atoms with Gasteiger partial charge in [0.25, 0.3) is 5.91 Å². The molecule has 2 N–H and O–H groups in total. The van der Waals surface area contributed by atoms with Gasteiger partial charge in [-0.25, -0.2) is 0 Å². The van der Waals surface area contributed by atoms with Crippen LogP contribution in [0, 0.1) is 0 Å². The number of carboxylic acid groups (broad SMARTS) is 1. The van der Waals surface area contributed by atoms with Crippen LogP contribution in [0.5, 0.6) is 0 Å². The van der Waals surface area contributed by atoms with Crippen molar-refractivity contribution >= 4 is 17.6 Å². The number of nitrogens with one attached hydrogen (secondary N) is 1. The Morgan fingerprint density at radius 1 is 1.40 bits per heavy atom. The summed E-state index contributed by atoms with van der Waals surface area (Å²) in [7, 11) is 0. The number of benzene rings is 1. The number of amides is 1. The Balaban J connectivity index is 1.93. The summed E-state index contributed by atoms with van der Waals surface area (Å²) in [4.78, 5) is 22.6. The zero-order chi connectivity index (χ0) is 14.5. The SMILES string of the molecule is CC1CCC(C(=O)Nc2cccc(CCC(=O)O)c2)O1. The number of aryl methyl sites for hydroxylation is 1. The zero-order valence-electron chi connectivity index (χ0n) is 11.5. The highest BCUT2D eigenvalue weighted by atomic mass is 16.5. The second-order valence-corrected chi connectivity index (χ2v) is 5.10. The highest BCUT2D eigenvalue weighted by Gasteiger charge is 2.28. The van der Waals surface area contributed by atoms with Crippen molar-refractivity contribution in [3.63, 3.8) is 0 Å². The largest absolute Gasteiger partial charge is 0.481 e. The molecule has 1 aliphatic rings. The molecule has 1 aromatic carbocycles. The molecule has 2 unspecified atom stereocenters. The first-order valence-corrected chi connectivity index (χ1v) is 6.81. The fourth-order valence-electron chi connectivity index (χ4n) is 2.27. The first-order valence-electron chi connectivity index (χ1n) is 6.81. The lowest BCUT2D eigenvalue weighted by molar-refractivity contribution is -0.137. The molecule has 0 saturated carbocycles. The van der Waals surface area contributed by atoms with Crippen LogP contribution >= 0.6 is 0 Å². The van der Waals surface area contributed by atoms with Crippen molar-refractivity contribution in [2.75, 3.05) is 5.32 Å². The van der Waals surface area contributed by atoms with E-state index in [-0.39, 0.29) is 24.5 Å². The van der Waals surface area contributed by atoms with Crippen LogP contribution in [0.2, 0.25) is 0 Å². The second kappa shape index (κ2) is 6.52. The van der Waals surface area contributed by atoms with Crippen LogP contribution in [-0.2, 0) is 20.7 Å². The molecule has 1 fully saturated rings. The molecular formula is C15H19NO4. The van der Waals surface area contributed by atoms with Crippen molar-refractivity contribution in [1.82, 2.24) is 0 Å². The van der Waals surface area contributed by atoms with Crippen LogP contribution in [0.1, 0.15) is 31.7 Å². The highest BCUT2D eigenvalue weighted by Crippen LogP contribution is 2.21. The monoisotopic (exact) mass is 277 g/mol. The van der Waals surface area contributed by atoms with Gasteiger partial charge in [0.15, 0.2) is 0 Å².